The molecule has 0 heterocycles. The molecule has 0 radical (unpaired) electrons. The van der Waals surface area contributed by atoms with Crippen LogP contribution < -0.4 is 5.32 Å². The number of aliphatic hydroxyl groups is 1. The average molecular weight is 197 g/mol. The summed E-state index contributed by atoms with van der Waals surface area (Å²) >= 11 is 0. The van der Waals surface area contributed by atoms with Crippen LogP contribution in [0.2, 0.25) is 0 Å². The largest absolute Gasteiger partial charge is 0.392 e. The van der Waals surface area contributed by atoms with E-state index in [0.717, 1.165) is 12.0 Å². The number of benzene rings is 1. The fraction of sp³-hybridized carbons (Fsp3) is 0.455. The smallest absolute Gasteiger partial charge is 0.123 e. The molecule has 0 saturated heterocycles. The van der Waals surface area contributed by atoms with Crippen molar-refractivity contribution in [2.75, 3.05) is 6.54 Å². The summed E-state index contributed by atoms with van der Waals surface area (Å²) in [5.41, 5.74) is 1.02. The zero-order valence-electron chi connectivity index (χ0n) is 8.33. The number of rotatable bonds is 5. The van der Waals surface area contributed by atoms with Gasteiger partial charge in [-0.15, -0.1) is 0 Å². The van der Waals surface area contributed by atoms with Crippen LogP contribution in [-0.2, 0) is 6.54 Å². The fourth-order valence-electron chi connectivity index (χ4n) is 1.13. The maximum absolute atomic E-state index is 12.5. The third-order valence-corrected chi connectivity index (χ3v) is 2.09. The molecule has 1 atom stereocenters. The molecule has 78 valence electrons. The first-order valence-corrected chi connectivity index (χ1v) is 4.85. The van der Waals surface area contributed by atoms with Gasteiger partial charge in [0.05, 0.1) is 6.10 Å². The molecule has 3 heteroatoms. The molecule has 2 nitrogen and oxygen atoms in total. The van der Waals surface area contributed by atoms with Gasteiger partial charge in [0, 0.05) is 13.1 Å². The Morgan fingerprint density at radius 3 is 2.57 bits per heavy atom. The van der Waals surface area contributed by atoms with Crippen LogP contribution in [-0.4, -0.2) is 17.8 Å². The molecule has 1 unspecified atom stereocenters. The zero-order chi connectivity index (χ0) is 10.4. The monoisotopic (exact) mass is 197 g/mol. The Labute approximate surface area is 83.8 Å². The Hall–Kier alpha value is -0.930. The lowest BCUT2D eigenvalue weighted by Gasteiger charge is -2.09. The van der Waals surface area contributed by atoms with E-state index in [1.54, 1.807) is 12.1 Å². The molecule has 2 N–H and O–H groups in total. The molecule has 0 aliphatic heterocycles. The SMILES string of the molecule is CCC(O)CNCc1ccc(F)cc1. The standard InChI is InChI=1S/C11H16FNO/c1-2-11(14)8-13-7-9-3-5-10(12)6-4-9/h3-6,11,13-14H,2,7-8H2,1H3. The summed E-state index contributed by atoms with van der Waals surface area (Å²) < 4.78 is 12.5. The molecule has 1 rings (SSSR count). The van der Waals surface area contributed by atoms with E-state index in [9.17, 15) is 9.50 Å². The van der Waals surface area contributed by atoms with Gasteiger partial charge in [-0.3, -0.25) is 0 Å². The van der Waals surface area contributed by atoms with Crippen LogP contribution in [0.25, 0.3) is 0 Å². The van der Waals surface area contributed by atoms with Gasteiger partial charge in [-0.25, -0.2) is 4.39 Å². The van der Waals surface area contributed by atoms with E-state index in [-0.39, 0.29) is 11.9 Å². The number of hydrogen-bond donors (Lipinski definition) is 2. The summed E-state index contributed by atoms with van der Waals surface area (Å²) in [4.78, 5) is 0. The minimum Gasteiger partial charge on any atom is -0.392 e. The van der Waals surface area contributed by atoms with Gasteiger partial charge in [-0.2, -0.15) is 0 Å². The van der Waals surface area contributed by atoms with Gasteiger partial charge in [0.15, 0.2) is 0 Å². The Bertz CT molecular complexity index is 260. The van der Waals surface area contributed by atoms with Crippen LogP contribution >= 0.6 is 0 Å². The van der Waals surface area contributed by atoms with Crippen molar-refractivity contribution in [1.82, 2.24) is 5.32 Å². The molecular formula is C11H16FNO. The topological polar surface area (TPSA) is 32.3 Å². The van der Waals surface area contributed by atoms with Crippen molar-refractivity contribution in [2.24, 2.45) is 0 Å². The van der Waals surface area contributed by atoms with Crippen LogP contribution in [0.1, 0.15) is 18.9 Å². The van der Waals surface area contributed by atoms with E-state index in [1.165, 1.54) is 12.1 Å². The summed E-state index contributed by atoms with van der Waals surface area (Å²) in [6.45, 7) is 3.18. The summed E-state index contributed by atoms with van der Waals surface area (Å²) in [5, 5.41) is 12.4. The fourth-order valence-corrected chi connectivity index (χ4v) is 1.13. The first kappa shape index (κ1) is 11.1. The predicted molar refractivity (Wildman–Crippen MR) is 54.4 cm³/mol. The molecular weight excluding hydrogens is 181 g/mol. The highest BCUT2D eigenvalue weighted by molar-refractivity contribution is 5.15. The number of halogens is 1. The van der Waals surface area contributed by atoms with Crippen LogP contribution in [0.5, 0.6) is 0 Å². The van der Waals surface area contributed by atoms with Gasteiger partial charge in [0.25, 0.3) is 0 Å². The predicted octanol–water partition coefficient (Wildman–Crippen LogP) is 1.69. The second-order valence-electron chi connectivity index (χ2n) is 3.32. The highest BCUT2D eigenvalue weighted by Crippen LogP contribution is 2.02. The molecule has 1 aromatic carbocycles. The molecule has 1 aromatic rings. The summed E-state index contributed by atoms with van der Waals surface area (Å²) in [6.07, 6.45) is 0.451. The van der Waals surface area contributed by atoms with Crippen molar-refractivity contribution in [1.29, 1.82) is 0 Å². The molecule has 0 spiro atoms. The molecule has 0 saturated carbocycles. The number of aliphatic hydroxyl groups excluding tert-OH is 1. The first-order chi connectivity index (χ1) is 6.72. The van der Waals surface area contributed by atoms with E-state index in [2.05, 4.69) is 5.32 Å². The lowest BCUT2D eigenvalue weighted by Crippen LogP contribution is -2.25. The number of nitrogens with one attached hydrogen (secondary N) is 1. The Kier molecular flexibility index (Phi) is 4.56. The van der Waals surface area contributed by atoms with Gasteiger partial charge < -0.3 is 10.4 Å². The van der Waals surface area contributed by atoms with Crippen molar-refractivity contribution >= 4 is 0 Å². The van der Waals surface area contributed by atoms with E-state index in [1.807, 2.05) is 6.92 Å². The van der Waals surface area contributed by atoms with Gasteiger partial charge in [0.2, 0.25) is 0 Å². The highest BCUT2D eigenvalue weighted by atomic mass is 19.1. The average Bonchev–Trinajstić information content (AvgIpc) is 2.21. The zero-order valence-corrected chi connectivity index (χ0v) is 8.33. The molecule has 0 amide bonds. The van der Waals surface area contributed by atoms with Crippen molar-refractivity contribution in [3.8, 4) is 0 Å². The van der Waals surface area contributed by atoms with E-state index in [0.29, 0.717) is 13.1 Å². The van der Waals surface area contributed by atoms with Gasteiger partial charge in [-0.05, 0) is 24.1 Å². The lowest BCUT2D eigenvalue weighted by molar-refractivity contribution is 0.167. The third-order valence-electron chi connectivity index (χ3n) is 2.09. The highest BCUT2D eigenvalue weighted by Gasteiger charge is 1.99. The van der Waals surface area contributed by atoms with Crippen LogP contribution in [0.3, 0.4) is 0 Å². The van der Waals surface area contributed by atoms with Gasteiger partial charge in [-0.1, -0.05) is 19.1 Å². The van der Waals surface area contributed by atoms with Crippen LogP contribution in [0.15, 0.2) is 24.3 Å². The van der Waals surface area contributed by atoms with Crippen molar-refractivity contribution < 1.29 is 9.50 Å². The van der Waals surface area contributed by atoms with Crippen molar-refractivity contribution in [3.63, 3.8) is 0 Å². The summed E-state index contributed by atoms with van der Waals surface area (Å²) in [6, 6.07) is 6.35. The summed E-state index contributed by atoms with van der Waals surface area (Å²) in [7, 11) is 0. The Morgan fingerprint density at radius 2 is 2.00 bits per heavy atom. The van der Waals surface area contributed by atoms with E-state index >= 15 is 0 Å². The Balaban J connectivity index is 2.28. The maximum Gasteiger partial charge on any atom is 0.123 e. The second kappa shape index (κ2) is 5.73. The molecule has 0 fully saturated rings. The minimum atomic E-state index is -0.296. The molecule has 0 aromatic heterocycles. The molecule has 0 aliphatic rings. The molecule has 14 heavy (non-hydrogen) atoms. The Morgan fingerprint density at radius 1 is 1.36 bits per heavy atom. The van der Waals surface area contributed by atoms with Crippen LogP contribution in [0, 0.1) is 5.82 Å². The molecule has 0 aliphatic carbocycles. The van der Waals surface area contributed by atoms with E-state index < -0.39 is 0 Å². The lowest BCUT2D eigenvalue weighted by atomic mass is 10.2. The van der Waals surface area contributed by atoms with Gasteiger partial charge >= 0.3 is 0 Å². The minimum absolute atomic E-state index is 0.220. The first-order valence-electron chi connectivity index (χ1n) is 4.85. The maximum atomic E-state index is 12.5. The van der Waals surface area contributed by atoms with Gasteiger partial charge in [0.1, 0.15) is 5.82 Å². The third kappa shape index (κ3) is 3.85. The normalized spacial score (nSPS) is 12.8. The summed E-state index contributed by atoms with van der Waals surface area (Å²) in [5.74, 6) is -0.220. The molecule has 0 bridgehead atoms. The van der Waals surface area contributed by atoms with Crippen LogP contribution in [0.4, 0.5) is 4.39 Å². The van der Waals surface area contributed by atoms with Crippen molar-refractivity contribution in [2.45, 2.75) is 26.0 Å². The quantitative estimate of drug-likeness (QED) is 0.752. The van der Waals surface area contributed by atoms with Crippen molar-refractivity contribution in [3.05, 3.63) is 35.6 Å². The number of hydrogen-bond acceptors (Lipinski definition) is 2. The second-order valence-corrected chi connectivity index (χ2v) is 3.32. The van der Waals surface area contributed by atoms with E-state index in [4.69, 9.17) is 0 Å².